The molecule has 4 N–H and O–H groups in total. The van der Waals surface area contributed by atoms with Crippen LogP contribution in [0.5, 0.6) is 0 Å². The van der Waals surface area contributed by atoms with E-state index in [4.69, 9.17) is 5.73 Å². The Hall–Kier alpha value is -4.32. The second kappa shape index (κ2) is 8.48. The maximum atomic E-state index is 12.4. The number of benzene rings is 6. The maximum absolute atomic E-state index is 12.4. The quantitative estimate of drug-likeness (QED) is 0.163. The number of anilines is 3. The van der Waals surface area contributed by atoms with Crippen molar-refractivity contribution in [2.45, 2.75) is 49.7 Å². The lowest BCUT2D eigenvalue weighted by atomic mass is 9.60. The molecule has 2 atom stereocenters. The van der Waals surface area contributed by atoms with Crippen LogP contribution < -0.4 is 15.5 Å². The van der Waals surface area contributed by atoms with E-state index < -0.39 is 18.1 Å². The van der Waals surface area contributed by atoms with E-state index in [1.165, 1.54) is 65.9 Å². The van der Waals surface area contributed by atoms with Crippen LogP contribution in [0.1, 0.15) is 45.2 Å². The average Bonchev–Trinajstić information content (AvgIpc) is 3.08. The zero-order valence-electron chi connectivity index (χ0n) is 25.2. The summed E-state index contributed by atoms with van der Waals surface area (Å²) in [5.41, 5.74) is 17.9. The lowest BCUT2D eigenvalue weighted by Gasteiger charge is -2.49. The average molecular weight is 590 g/mol. The molecule has 4 heterocycles. The van der Waals surface area contributed by atoms with Gasteiger partial charge in [0, 0.05) is 70.6 Å². The fraction of sp³-hybridized carbons (Fsp3) is 0.300. The van der Waals surface area contributed by atoms with Gasteiger partial charge < -0.3 is 25.7 Å². The van der Waals surface area contributed by atoms with Gasteiger partial charge in [0.2, 0.25) is 0 Å². The minimum absolute atomic E-state index is 0.387. The third-order valence-electron chi connectivity index (χ3n) is 12.2. The predicted octanol–water partition coefficient (Wildman–Crippen LogP) is 6.32. The van der Waals surface area contributed by atoms with Crippen molar-refractivity contribution in [2.75, 3.05) is 41.7 Å². The van der Waals surface area contributed by atoms with Gasteiger partial charge in [-0.1, -0.05) is 60.7 Å². The highest BCUT2D eigenvalue weighted by molar-refractivity contribution is 6.21. The number of hydrogen-bond acceptors (Lipinski definition) is 5. The van der Waals surface area contributed by atoms with Crippen molar-refractivity contribution in [3.63, 3.8) is 0 Å². The third-order valence-corrected chi connectivity index (χ3v) is 12.2. The van der Waals surface area contributed by atoms with Gasteiger partial charge in [-0.2, -0.15) is 0 Å². The molecule has 45 heavy (non-hydrogen) atoms. The molecule has 6 aromatic rings. The zero-order chi connectivity index (χ0) is 29.7. The monoisotopic (exact) mass is 589 g/mol. The van der Waals surface area contributed by atoms with E-state index in [1.807, 2.05) is 6.07 Å². The summed E-state index contributed by atoms with van der Waals surface area (Å²) in [5, 5.41) is 34.6. The van der Waals surface area contributed by atoms with Crippen molar-refractivity contribution in [3.8, 4) is 0 Å². The van der Waals surface area contributed by atoms with Crippen molar-refractivity contribution < 1.29 is 10.2 Å². The Bertz CT molecular complexity index is 2250. The standard InChI is InChI=1S/C40H35N3O2/c41-27-11-10-23-15-19-43-18-14-22-6-3-9-26-30(22)38(43)31(23)34(27)33(26)36-39(44)35(40(36)45)32-24-7-1-4-20-12-16-42-17-13-21-5-2-8-25(32)29(21)37(42)28(20)24/h1-11,35-36,39-40,44-45H,12-19,41H2. The first-order chi connectivity index (χ1) is 22.1. The van der Waals surface area contributed by atoms with Gasteiger partial charge in [0.1, 0.15) is 0 Å². The van der Waals surface area contributed by atoms with E-state index in [0.717, 1.165) is 79.4 Å². The van der Waals surface area contributed by atoms with Gasteiger partial charge >= 0.3 is 0 Å². The van der Waals surface area contributed by atoms with Gasteiger partial charge in [-0.25, -0.2) is 0 Å². The van der Waals surface area contributed by atoms with Gasteiger partial charge in [0.25, 0.3) is 0 Å². The molecule has 0 radical (unpaired) electrons. The fourth-order valence-corrected chi connectivity index (χ4v) is 10.3. The van der Waals surface area contributed by atoms with Gasteiger partial charge in [0.05, 0.1) is 23.6 Å². The number of aliphatic hydroxyl groups excluding tert-OH is 2. The molecule has 0 aromatic heterocycles. The number of aliphatic hydroxyl groups is 2. The molecule has 222 valence electrons. The van der Waals surface area contributed by atoms with Crippen LogP contribution in [0.25, 0.3) is 43.1 Å². The van der Waals surface area contributed by atoms with E-state index in [9.17, 15) is 10.2 Å². The minimum atomic E-state index is -0.738. The summed E-state index contributed by atoms with van der Waals surface area (Å²) in [6.07, 6.45) is 2.58. The van der Waals surface area contributed by atoms with Crippen LogP contribution in [-0.2, 0) is 25.7 Å². The molecule has 0 saturated heterocycles. The Morgan fingerprint density at radius 1 is 0.489 bits per heavy atom. The topological polar surface area (TPSA) is 73.0 Å². The smallest absolute Gasteiger partial charge is 0.0728 e. The molecule has 5 nitrogen and oxygen atoms in total. The molecule has 1 fully saturated rings. The van der Waals surface area contributed by atoms with Crippen molar-refractivity contribution in [2.24, 2.45) is 0 Å². The molecule has 1 aliphatic carbocycles. The predicted molar refractivity (Wildman–Crippen MR) is 184 cm³/mol. The second-order valence-electron chi connectivity index (χ2n) is 14.1. The zero-order valence-corrected chi connectivity index (χ0v) is 25.2. The third kappa shape index (κ3) is 2.93. The van der Waals surface area contributed by atoms with Crippen LogP contribution in [-0.4, -0.2) is 48.6 Å². The van der Waals surface area contributed by atoms with Crippen LogP contribution in [0.15, 0.2) is 66.7 Å². The molecule has 6 aromatic carbocycles. The van der Waals surface area contributed by atoms with Crippen LogP contribution in [0.3, 0.4) is 0 Å². The molecule has 1 saturated carbocycles. The van der Waals surface area contributed by atoms with Gasteiger partial charge in [-0.05, 0) is 81.3 Å². The summed E-state index contributed by atoms with van der Waals surface area (Å²) >= 11 is 0. The van der Waals surface area contributed by atoms with E-state index in [-0.39, 0.29) is 5.92 Å². The SMILES string of the molecule is Nc1ccc2c3c4c5c(cccc5c(C5C(O)C(c6c7cccc8c7c7c9c(cccc69)CCN7CC8)C5O)c13)CCN4CC2. The van der Waals surface area contributed by atoms with Gasteiger partial charge in [-0.15, -0.1) is 0 Å². The van der Waals surface area contributed by atoms with Crippen molar-refractivity contribution in [3.05, 3.63) is 100 Å². The van der Waals surface area contributed by atoms with Crippen LogP contribution in [0.2, 0.25) is 0 Å². The Balaban J connectivity index is 1.18. The first-order valence-corrected chi connectivity index (χ1v) is 16.7. The number of hydrogen-bond donors (Lipinski definition) is 3. The molecular formula is C40H35N3O2. The normalized spacial score (nSPS) is 24.4. The highest BCUT2D eigenvalue weighted by Crippen LogP contribution is 2.59. The number of nitrogen functional groups attached to an aromatic ring is 1. The van der Waals surface area contributed by atoms with E-state index in [0.29, 0.717) is 0 Å². The molecule has 11 rings (SSSR count). The van der Waals surface area contributed by atoms with E-state index >= 15 is 0 Å². The van der Waals surface area contributed by atoms with Crippen molar-refractivity contribution >= 4 is 60.2 Å². The molecular weight excluding hydrogens is 554 g/mol. The number of nitrogens with zero attached hydrogens (tertiary/aromatic N) is 2. The van der Waals surface area contributed by atoms with Crippen molar-refractivity contribution in [1.82, 2.24) is 0 Å². The van der Waals surface area contributed by atoms with Crippen LogP contribution in [0, 0.1) is 0 Å². The highest BCUT2D eigenvalue weighted by Gasteiger charge is 2.53. The molecule has 2 unspecified atom stereocenters. The molecule has 5 aliphatic rings. The Labute approximate surface area is 261 Å². The summed E-state index contributed by atoms with van der Waals surface area (Å²) in [6, 6.07) is 24.2. The Morgan fingerprint density at radius 2 is 0.911 bits per heavy atom. The molecule has 0 bridgehead atoms. The fourth-order valence-electron chi connectivity index (χ4n) is 10.3. The van der Waals surface area contributed by atoms with Crippen molar-refractivity contribution in [1.29, 1.82) is 0 Å². The molecule has 4 aliphatic heterocycles. The van der Waals surface area contributed by atoms with Gasteiger partial charge in [0.15, 0.2) is 0 Å². The molecule has 0 spiro atoms. The lowest BCUT2D eigenvalue weighted by molar-refractivity contribution is -0.0765. The first kappa shape index (κ1) is 24.9. The summed E-state index contributed by atoms with van der Waals surface area (Å²) < 4.78 is 0. The largest absolute Gasteiger partial charge is 0.398 e. The van der Waals surface area contributed by atoms with E-state index in [1.54, 1.807) is 0 Å². The van der Waals surface area contributed by atoms with Gasteiger partial charge in [-0.3, -0.25) is 0 Å². The summed E-state index contributed by atoms with van der Waals surface area (Å²) in [6.45, 7) is 4.13. The van der Waals surface area contributed by atoms with Crippen LogP contribution in [0.4, 0.5) is 17.1 Å². The Kier molecular flexibility index (Phi) is 4.70. The second-order valence-corrected chi connectivity index (χ2v) is 14.1. The molecule has 5 heteroatoms. The summed E-state index contributed by atoms with van der Waals surface area (Å²) in [5.74, 6) is -0.816. The van der Waals surface area contributed by atoms with E-state index in [2.05, 4.69) is 70.5 Å². The first-order valence-electron chi connectivity index (χ1n) is 16.7. The highest BCUT2D eigenvalue weighted by atomic mass is 16.3. The number of nitrogens with two attached hydrogens (primary N) is 1. The lowest BCUT2D eigenvalue weighted by Crippen LogP contribution is -2.52. The molecule has 0 amide bonds. The summed E-state index contributed by atoms with van der Waals surface area (Å²) in [7, 11) is 0. The summed E-state index contributed by atoms with van der Waals surface area (Å²) in [4.78, 5) is 5.11. The van der Waals surface area contributed by atoms with Crippen LogP contribution >= 0.6 is 0 Å². The minimum Gasteiger partial charge on any atom is -0.398 e. The Morgan fingerprint density at radius 3 is 1.42 bits per heavy atom. The number of rotatable bonds is 2. The maximum Gasteiger partial charge on any atom is 0.0728 e.